The van der Waals surface area contributed by atoms with Crippen LogP contribution in [0.1, 0.15) is 105 Å². The fourth-order valence-electron chi connectivity index (χ4n) is 6.28. The molecule has 0 saturated heterocycles. The van der Waals surface area contributed by atoms with Crippen molar-refractivity contribution in [3.05, 3.63) is 131 Å². The summed E-state index contributed by atoms with van der Waals surface area (Å²) >= 11 is 0. The van der Waals surface area contributed by atoms with Crippen molar-refractivity contribution in [3.8, 4) is 44.5 Å². The summed E-state index contributed by atoms with van der Waals surface area (Å²) in [4.78, 5) is 0. The predicted molar refractivity (Wildman–Crippen MR) is 203 cm³/mol. The maximum Gasteiger partial charge on any atom is -0.0109 e. The molecule has 0 aliphatic carbocycles. The fraction of sp³-hybridized carbons (Fsp3) is 0.348. The van der Waals surface area contributed by atoms with Crippen molar-refractivity contribution >= 4 is 0 Å². The van der Waals surface area contributed by atoms with Gasteiger partial charge in [-0.15, -0.1) is 0 Å². The molecule has 0 aliphatic rings. The summed E-state index contributed by atoms with van der Waals surface area (Å²) in [6, 6.07) is 41.2. The molecule has 0 saturated carbocycles. The second kappa shape index (κ2) is 12.0. The lowest BCUT2D eigenvalue weighted by molar-refractivity contribution is 0.569. The van der Waals surface area contributed by atoms with E-state index in [4.69, 9.17) is 0 Å². The fourth-order valence-corrected chi connectivity index (χ4v) is 6.28. The molecule has 0 aromatic heterocycles. The molecule has 0 N–H and O–H groups in total. The molecule has 0 heteroatoms. The Morgan fingerprint density at radius 1 is 0.283 bits per heavy atom. The topological polar surface area (TPSA) is 0 Å². The Morgan fingerprint density at radius 3 is 0.978 bits per heavy atom. The molecule has 0 aliphatic heterocycles. The molecule has 0 amide bonds. The van der Waals surface area contributed by atoms with E-state index >= 15 is 0 Å². The third-order valence-electron chi connectivity index (χ3n) is 9.25. The first kappa shape index (κ1) is 33.5. The summed E-state index contributed by atoms with van der Waals surface area (Å²) in [5.74, 6) is 0. The van der Waals surface area contributed by atoms with Gasteiger partial charge >= 0.3 is 0 Å². The zero-order valence-corrected chi connectivity index (χ0v) is 30.4. The van der Waals surface area contributed by atoms with Crippen LogP contribution >= 0.6 is 0 Å². The van der Waals surface area contributed by atoms with E-state index in [1.54, 1.807) is 0 Å². The van der Waals surface area contributed by atoms with Gasteiger partial charge in [0.2, 0.25) is 0 Å². The molecule has 0 spiro atoms. The van der Waals surface area contributed by atoms with Crippen LogP contribution in [0, 0.1) is 0 Å². The smallest absolute Gasteiger partial charge is 0.0109 e. The molecule has 0 nitrogen and oxygen atoms in total. The third kappa shape index (κ3) is 7.23. The van der Waals surface area contributed by atoms with E-state index in [0.717, 1.165) is 0 Å². The summed E-state index contributed by atoms with van der Waals surface area (Å²) in [5.41, 5.74) is 15.9. The first-order valence-corrected chi connectivity index (χ1v) is 16.9. The van der Waals surface area contributed by atoms with Crippen molar-refractivity contribution in [2.24, 2.45) is 0 Å². The van der Waals surface area contributed by atoms with E-state index in [1.165, 1.54) is 66.8 Å². The number of hydrogen-bond acceptors (Lipinski definition) is 0. The van der Waals surface area contributed by atoms with Crippen LogP contribution in [0.4, 0.5) is 0 Å². The van der Waals surface area contributed by atoms with Crippen molar-refractivity contribution in [1.29, 1.82) is 0 Å². The van der Waals surface area contributed by atoms with Crippen LogP contribution in [-0.4, -0.2) is 0 Å². The summed E-state index contributed by atoms with van der Waals surface area (Å²) in [7, 11) is 0. The van der Waals surface area contributed by atoms with Crippen molar-refractivity contribution in [1.82, 2.24) is 0 Å². The average molecular weight is 607 g/mol. The van der Waals surface area contributed by atoms with E-state index in [-0.39, 0.29) is 21.7 Å². The largest absolute Gasteiger partial charge is 0.0622 e. The molecule has 0 atom stereocenters. The Kier molecular flexibility index (Phi) is 8.76. The Hall–Kier alpha value is -3.90. The minimum atomic E-state index is -0.0276. The highest BCUT2D eigenvalue weighted by atomic mass is 14.3. The van der Waals surface area contributed by atoms with Crippen LogP contribution in [0.25, 0.3) is 44.5 Å². The first-order chi connectivity index (χ1) is 21.3. The van der Waals surface area contributed by atoms with Crippen LogP contribution in [0.3, 0.4) is 0 Å². The number of benzene rings is 5. The second-order valence-corrected chi connectivity index (χ2v) is 17.3. The predicted octanol–water partition coefficient (Wildman–Crippen LogP) is 13.5. The summed E-state index contributed by atoms with van der Waals surface area (Å²) in [5, 5.41) is 0. The first-order valence-electron chi connectivity index (χ1n) is 16.9. The van der Waals surface area contributed by atoms with Crippen molar-refractivity contribution in [2.45, 2.75) is 105 Å². The monoisotopic (exact) mass is 606 g/mol. The van der Waals surface area contributed by atoms with Gasteiger partial charge in [-0.3, -0.25) is 0 Å². The van der Waals surface area contributed by atoms with Crippen LogP contribution in [0.5, 0.6) is 0 Å². The Morgan fingerprint density at radius 2 is 0.609 bits per heavy atom. The third-order valence-corrected chi connectivity index (χ3v) is 9.25. The lowest BCUT2D eigenvalue weighted by Crippen LogP contribution is -2.19. The van der Waals surface area contributed by atoms with E-state index < -0.39 is 0 Å². The maximum atomic E-state index is 2.45. The highest BCUT2D eigenvalue weighted by Gasteiger charge is 2.28. The zero-order valence-electron chi connectivity index (χ0n) is 30.4. The number of hydrogen-bond donors (Lipinski definition) is 0. The van der Waals surface area contributed by atoms with Gasteiger partial charge in [0.25, 0.3) is 0 Å². The lowest BCUT2D eigenvalue weighted by atomic mass is 9.73. The molecule has 0 fully saturated rings. The highest BCUT2D eigenvalue weighted by molar-refractivity contribution is 5.81. The van der Waals surface area contributed by atoms with Gasteiger partial charge in [-0.1, -0.05) is 180 Å². The molecule has 5 rings (SSSR count). The normalized spacial score (nSPS) is 12.8. The van der Waals surface area contributed by atoms with Crippen molar-refractivity contribution in [3.63, 3.8) is 0 Å². The van der Waals surface area contributed by atoms with Gasteiger partial charge in [0.05, 0.1) is 0 Å². The molecular weight excluding hydrogens is 553 g/mol. The van der Waals surface area contributed by atoms with E-state index in [9.17, 15) is 0 Å². The van der Waals surface area contributed by atoms with E-state index in [0.29, 0.717) is 0 Å². The van der Waals surface area contributed by atoms with Gasteiger partial charge in [0.1, 0.15) is 0 Å². The average Bonchev–Trinajstić information content (AvgIpc) is 2.99. The minimum Gasteiger partial charge on any atom is -0.0622 e. The van der Waals surface area contributed by atoms with Crippen LogP contribution in [0.15, 0.2) is 109 Å². The van der Waals surface area contributed by atoms with Gasteiger partial charge < -0.3 is 0 Å². The Bertz CT molecular complexity index is 1740. The molecule has 5 aromatic carbocycles. The second-order valence-electron chi connectivity index (χ2n) is 17.3. The lowest BCUT2D eigenvalue weighted by Gasteiger charge is -2.31. The molecule has 0 bridgehead atoms. The standard InChI is InChI=1S/C46H54/c1-43(2,3)38-26-36(27-39(30-38)44(4,5)6)33-18-20-34(21-19-33)37-28-40(45(7,8)9)42(41(29-37)46(10,11)12)35-24-22-32(23-25-35)31-16-14-13-15-17-31/h13-30H,1-12H3. The highest BCUT2D eigenvalue weighted by Crippen LogP contribution is 2.44. The minimum absolute atomic E-state index is 0.0276. The molecule has 0 radical (unpaired) electrons. The zero-order chi connectivity index (χ0) is 33.7. The maximum absolute atomic E-state index is 2.45. The Balaban J connectivity index is 1.62. The molecule has 238 valence electrons. The molecule has 0 unspecified atom stereocenters. The van der Waals surface area contributed by atoms with E-state index in [1.807, 2.05) is 0 Å². The van der Waals surface area contributed by atoms with Crippen LogP contribution in [0.2, 0.25) is 0 Å². The van der Waals surface area contributed by atoms with Gasteiger partial charge in [0, 0.05) is 0 Å². The Labute approximate surface area is 279 Å². The van der Waals surface area contributed by atoms with Crippen molar-refractivity contribution in [2.75, 3.05) is 0 Å². The summed E-state index contributed by atoms with van der Waals surface area (Å²) in [6.45, 7) is 27.9. The van der Waals surface area contributed by atoms with Gasteiger partial charge in [-0.05, 0) is 101 Å². The molecule has 46 heavy (non-hydrogen) atoms. The molecule has 5 aromatic rings. The summed E-state index contributed by atoms with van der Waals surface area (Å²) in [6.07, 6.45) is 0. The SMILES string of the molecule is CC(C)(C)c1cc(-c2ccc(-c3cc(C(C)(C)C)c(-c4ccc(-c5ccccc5)cc4)c(C(C)(C)C)c3)cc2)cc(C(C)(C)C)c1. The molecular formula is C46H54. The summed E-state index contributed by atoms with van der Waals surface area (Å²) < 4.78 is 0. The quantitative estimate of drug-likeness (QED) is 0.191. The molecule has 0 heterocycles. The van der Waals surface area contributed by atoms with E-state index in [2.05, 4.69) is 192 Å². The van der Waals surface area contributed by atoms with Crippen LogP contribution < -0.4 is 0 Å². The number of rotatable bonds is 4. The van der Waals surface area contributed by atoms with Gasteiger partial charge in [-0.2, -0.15) is 0 Å². The van der Waals surface area contributed by atoms with Gasteiger partial charge in [0.15, 0.2) is 0 Å². The van der Waals surface area contributed by atoms with Crippen molar-refractivity contribution < 1.29 is 0 Å². The van der Waals surface area contributed by atoms with Gasteiger partial charge in [-0.25, -0.2) is 0 Å². The van der Waals surface area contributed by atoms with Crippen LogP contribution in [-0.2, 0) is 21.7 Å².